The lowest BCUT2D eigenvalue weighted by Gasteiger charge is -2.24. The van der Waals surface area contributed by atoms with Crippen molar-refractivity contribution in [3.63, 3.8) is 0 Å². The van der Waals surface area contributed by atoms with E-state index >= 15 is 0 Å². The van der Waals surface area contributed by atoms with E-state index in [4.69, 9.17) is 0 Å². The van der Waals surface area contributed by atoms with Gasteiger partial charge in [0, 0.05) is 21.9 Å². The predicted octanol–water partition coefficient (Wildman–Crippen LogP) is 13.9. The molecule has 2 unspecified atom stereocenters. The van der Waals surface area contributed by atoms with Gasteiger partial charge in [0.2, 0.25) is 0 Å². The number of aromatic nitrogens is 1. The molecular formula is C52H47N. The maximum atomic E-state index is 2.51. The summed E-state index contributed by atoms with van der Waals surface area (Å²) >= 11 is 0. The Morgan fingerprint density at radius 3 is 2.21 bits per heavy atom. The van der Waals surface area contributed by atoms with Crippen molar-refractivity contribution in [1.82, 2.24) is 4.57 Å². The summed E-state index contributed by atoms with van der Waals surface area (Å²) in [5, 5.41) is 2.57. The van der Waals surface area contributed by atoms with Crippen molar-refractivity contribution in [1.29, 1.82) is 0 Å². The molecule has 0 amide bonds. The molecule has 0 radical (unpaired) electrons. The van der Waals surface area contributed by atoms with E-state index in [2.05, 4.69) is 195 Å². The van der Waals surface area contributed by atoms with Crippen molar-refractivity contribution < 1.29 is 0 Å². The molecule has 0 aliphatic heterocycles. The van der Waals surface area contributed by atoms with Crippen molar-refractivity contribution in [3.05, 3.63) is 198 Å². The molecule has 2 aliphatic rings. The van der Waals surface area contributed by atoms with Crippen LogP contribution in [-0.4, -0.2) is 4.57 Å². The fourth-order valence-electron chi connectivity index (χ4n) is 9.18. The fourth-order valence-corrected chi connectivity index (χ4v) is 9.18. The highest BCUT2D eigenvalue weighted by atomic mass is 15.0. The number of fused-ring (bicyclic) bond motifs is 6. The van der Waals surface area contributed by atoms with E-state index in [0.29, 0.717) is 11.8 Å². The van der Waals surface area contributed by atoms with Gasteiger partial charge in [-0.1, -0.05) is 166 Å². The Kier molecular flexibility index (Phi) is 8.59. The second-order valence-corrected chi connectivity index (χ2v) is 15.6. The largest absolute Gasteiger partial charge is 0.309 e. The molecule has 1 aromatic heterocycles. The topological polar surface area (TPSA) is 4.93 Å². The third-order valence-corrected chi connectivity index (χ3v) is 12.1. The second kappa shape index (κ2) is 13.7. The molecule has 7 aromatic rings. The minimum absolute atomic E-state index is 0.0226. The summed E-state index contributed by atoms with van der Waals surface area (Å²) in [7, 11) is 0. The number of aryl methyl sites for hydroxylation is 1. The first-order valence-electron chi connectivity index (χ1n) is 19.5. The van der Waals surface area contributed by atoms with Gasteiger partial charge in [-0.25, -0.2) is 0 Å². The van der Waals surface area contributed by atoms with Crippen molar-refractivity contribution in [2.75, 3.05) is 0 Å². The number of benzene rings is 6. The van der Waals surface area contributed by atoms with Crippen LogP contribution in [0.25, 0.3) is 49.7 Å². The van der Waals surface area contributed by atoms with Gasteiger partial charge >= 0.3 is 0 Å². The third-order valence-electron chi connectivity index (χ3n) is 12.1. The van der Waals surface area contributed by atoms with Crippen molar-refractivity contribution >= 4 is 21.8 Å². The molecule has 0 saturated heterocycles. The molecule has 260 valence electrons. The lowest BCUT2D eigenvalue weighted by Crippen LogP contribution is -2.15. The Bertz CT molecular complexity index is 2540. The van der Waals surface area contributed by atoms with Crippen LogP contribution in [0.2, 0.25) is 0 Å². The van der Waals surface area contributed by atoms with Gasteiger partial charge in [-0.15, -0.1) is 0 Å². The fraction of sp³-hybridized carbons (Fsp3) is 0.192. The third kappa shape index (κ3) is 5.99. The Morgan fingerprint density at radius 2 is 1.36 bits per heavy atom. The summed E-state index contributed by atoms with van der Waals surface area (Å²) in [5.41, 5.74) is 16.3. The number of para-hydroxylation sites is 2. The summed E-state index contributed by atoms with van der Waals surface area (Å²) in [6.45, 7) is 7.08. The summed E-state index contributed by atoms with van der Waals surface area (Å²) in [6.07, 6.45) is 15.8. The first-order chi connectivity index (χ1) is 26.0. The summed E-state index contributed by atoms with van der Waals surface area (Å²) in [4.78, 5) is 0. The van der Waals surface area contributed by atoms with Crippen molar-refractivity contribution in [2.45, 2.75) is 57.8 Å². The molecule has 1 heterocycles. The highest BCUT2D eigenvalue weighted by Gasteiger charge is 2.35. The first-order valence-corrected chi connectivity index (χ1v) is 19.5. The van der Waals surface area contributed by atoms with Crippen LogP contribution < -0.4 is 0 Å². The minimum atomic E-state index is 0.0226. The minimum Gasteiger partial charge on any atom is -0.309 e. The Labute approximate surface area is 314 Å². The molecule has 0 N–H and O–H groups in total. The lowest BCUT2D eigenvalue weighted by molar-refractivity contribution is 0.574. The molecular weight excluding hydrogens is 639 g/mol. The van der Waals surface area contributed by atoms with E-state index in [1.165, 1.54) is 77.6 Å². The van der Waals surface area contributed by atoms with Crippen LogP contribution >= 0.6 is 0 Å². The van der Waals surface area contributed by atoms with E-state index in [9.17, 15) is 0 Å². The van der Waals surface area contributed by atoms with E-state index < -0.39 is 0 Å². The molecule has 0 bridgehead atoms. The maximum Gasteiger partial charge on any atom is 0.0541 e. The average molecular weight is 686 g/mol. The molecule has 53 heavy (non-hydrogen) atoms. The van der Waals surface area contributed by atoms with Crippen LogP contribution in [0, 0.1) is 5.92 Å². The molecule has 0 spiro atoms. The number of hydrogen-bond acceptors (Lipinski definition) is 0. The number of rotatable bonds is 9. The highest BCUT2D eigenvalue weighted by molar-refractivity contribution is 6.10. The first kappa shape index (κ1) is 33.2. The van der Waals surface area contributed by atoms with Crippen LogP contribution in [0.3, 0.4) is 0 Å². The molecule has 2 aliphatic carbocycles. The smallest absolute Gasteiger partial charge is 0.0541 e. The zero-order chi connectivity index (χ0) is 35.9. The quantitative estimate of drug-likeness (QED) is 0.143. The van der Waals surface area contributed by atoms with Gasteiger partial charge in [0.25, 0.3) is 0 Å². The van der Waals surface area contributed by atoms with Gasteiger partial charge in [-0.3, -0.25) is 0 Å². The van der Waals surface area contributed by atoms with Gasteiger partial charge in [-0.05, 0) is 112 Å². The highest BCUT2D eigenvalue weighted by Crippen LogP contribution is 2.49. The number of nitrogens with zero attached hydrogens (tertiary/aromatic N) is 1. The monoisotopic (exact) mass is 685 g/mol. The Morgan fingerprint density at radius 1 is 0.623 bits per heavy atom. The molecule has 1 nitrogen and oxygen atoms in total. The zero-order valence-corrected chi connectivity index (χ0v) is 31.1. The molecule has 2 atom stereocenters. The molecule has 0 saturated carbocycles. The van der Waals surface area contributed by atoms with Crippen molar-refractivity contribution in [2.24, 2.45) is 5.92 Å². The standard InChI is InChI=1S/C52H47N/c1-4-37-15-7-5-8-16-40(37)34-41(25-23-36-24-31-45-44-19-11-13-21-48(44)52(2,3)49(45)33-36)38-26-28-39(29-27-38)42-30-32-51-47(35-42)46-20-12-14-22-50(46)53(51)43-17-9-6-10-18-43/h5-22,24,26-33,35,37,41H,4,23,25,34H2,1-3H3. The maximum absolute atomic E-state index is 2.51. The van der Waals surface area contributed by atoms with Crippen LogP contribution in [0.1, 0.15) is 68.2 Å². The van der Waals surface area contributed by atoms with Crippen molar-refractivity contribution in [3.8, 4) is 27.9 Å². The molecule has 0 fully saturated rings. The number of allylic oxidation sites excluding steroid dienone is 6. The summed E-state index contributed by atoms with van der Waals surface area (Å²) in [6, 6.07) is 52.2. The number of hydrogen-bond donors (Lipinski definition) is 0. The van der Waals surface area contributed by atoms with Gasteiger partial charge in [0.1, 0.15) is 0 Å². The second-order valence-electron chi connectivity index (χ2n) is 15.6. The molecule has 6 aromatic carbocycles. The van der Waals surface area contributed by atoms with Gasteiger partial charge in [0.15, 0.2) is 0 Å². The average Bonchev–Trinajstić information content (AvgIpc) is 3.52. The zero-order valence-electron chi connectivity index (χ0n) is 31.1. The van der Waals surface area contributed by atoms with Crippen LogP contribution in [0.5, 0.6) is 0 Å². The molecule has 9 rings (SSSR count). The van der Waals surface area contributed by atoms with Crippen LogP contribution in [-0.2, 0) is 11.8 Å². The SMILES string of the molecule is CCC1C=CC=CC=C1CC(CCc1ccc2c(c1)C(C)(C)c1ccccc1-2)c1ccc(-c2ccc3c(c2)c2ccccc2n3-c2ccccc2)cc1. The van der Waals surface area contributed by atoms with E-state index in [1.54, 1.807) is 0 Å². The van der Waals surface area contributed by atoms with Gasteiger partial charge in [0.05, 0.1) is 11.0 Å². The lowest BCUT2D eigenvalue weighted by atomic mass is 9.80. The molecule has 1 heteroatoms. The van der Waals surface area contributed by atoms with E-state index in [0.717, 1.165) is 25.7 Å². The Balaban J connectivity index is 1.03. The predicted molar refractivity (Wildman–Crippen MR) is 226 cm³/mol. The van der Waals surface area contributed by atoms with Gasteiger partial charge < -0.3 is 4.57 Å². The van der Waals surface area contributed by atoms with E-state index in [1.807, 2.05) is 0 Å². The van der Waals surface area contributed by atoms with Crippen LogP contribution in [0.4, 0.5) is 0 Å². The normalized spacial score (nSPS) is 16.4. The summed E-state index contributed by atoms with van der Waals surface area (Å²) < 4.78 is 2.39. The van der Waals surface area contributed by atoms with Crippen LogP contribution in [0.15, 0.2) is 175 Å². The van der Waals surface area contributed by atoms with E-state index in [-0.39, 0.29) is 5.41 Å². The van der Waals surface area contributed by atoms with Gasteiger partial charge in [-0.2, -0.15) is 0 Å². The summed E-state index contributed by atoms with van der Waals surface area (Å²) in [5.74, 6) is 0.907. The Hall–Kier alpha value is -5.66.